The summed E-state index contributed by atoms with van der Waals surface area (Å²) in [5, 5.41) is 3.08. The lowest BCUT2D eigenvalue weighted by molar-refractivity contribution is -0.122. The minimum absolute atomic E-state index is 0.0481. The lowest BCUT2D eigenvalue weighted by atomic mass is 10.1. The zero-order valence-electron chi connectivity index (χ0n) is 15.1. The van der Waals surface area contributed by atoms with Gasteiger partial charge in [-0.2, -0.15) is 0 Å². The highest BCUT2D eigenvalue weighted by Gasteiger charge is 2.45. The number of rotatable bonds is 6. The molecule has 1 N–H and O–H groups in total. The lowest BCUT2D eigenvalue weighted by Gasteiger charge is -2.10. The first-order chi connectivity index (χ1) is 12.7. The Morgan fingerprint density at radius 2 is 2.00 bits per heavy atom. The van der Waals surface area contributed by atoms with Crippen molar-refractivity contribution in [2.75, 3.05) is 13.7 Å². The summed E-state index contributed by atoms with van der Waals surface area (Å²) < 4.78 is 7.57. The summed E-state index contributed by atoms with van der Waals surface area (Å²) in [5.74, 6) is 2.28. The number of methoxy groups -OCH3 is 1. The van der Waals surface area contributed by atoms with Crippen molar-refractivity contribution in [1.82, 2.24) is 14.9 Å². The van der Waals surface area contributed by atoms with Crippen LogP contribution < -0.4 is 10.1 Å². The fourth-order valence-electron chi connectivity index (χ4n) is 3.70. The van der Waals surface area contributed by atoms with Gasteiger partial charge < -0.3 is 14.6 Å². The maximum absolute atomic E-state index is 12.5. The second-order valence-corrected chi connectivity index (χ2v) is 6.78. The fraction of sp³-hybridized carbons (Fsp3) is 0.333. The van der Waals surface area contributed by atoms with E-state index in [0.29, 0.717) is 6.54 Å². The van der Waals surface area contributed by atoms with Gasteiger partial charge in [0.05, 0.1) is 18.1 Å². The number of carbonyl (C=O) groups is 1. The topological polar surface area (TPSA) is 56.1 Å². The molecule has 1 heterocycles. The van der Waals surface area contributed by atoms with E-state index in [4.69, 9.17) is 4.74 Å². The van der Waals surface area contributed by atoms with E-state index in [9.17, 15) is 4.79 Å². The Kier molecular flexibility index (Phi) is 4.37. The van der Waals surface area contributed by atoms with E-state index in [0.717, 1.165) is 41.1 Å². The van der Waals surface area contributed by atoms with Crippen LogP contribution in [-0.4, -0.2) is 29.1 Å². The summed E-state index contributed by atoms with van der Waals surface area (Å²) in [6.07, 6.45) is 0.888. The third-order valence-corrected chi connectivity index (χ3v) is 5.15. The van der Waals surface area contributed by atoms with Gasteiger partial charge in [0.1, 0.15) is 11.6 Å². The van der Waals surface area contributed by atoms with Crippen molar-refractivity contribution in [3.63, 3.8) is 0 Å². The molecule has 2 atom stereocenters. The molecule has 2 aromatic carbocycles. The molecule has 1 aromatic heterocycles. The molecule has 26 heavy (non-hydrogen) atoms. The van der Waals surface area contributed by atoms with Gasteiger partial charge in [-0.1, -0.05) is 30.3 Å². The SMILES string of the molecule is COc1ccccc1[C@@H]1C[C@H]1C(=O)NCCn1c(C)nc2ccccc21. The number of aryl methyl sites for hydroxylation is 1. The van der Waals surface area contributed by atoms with Crippen LogP contribution in [0.2, 0.25) is 0 Å². The molecule has 1 fully saturated rings. The number of para-hydroxylation sites is 3. The molecule has 0 bridgehead atoms. The third-order valence-electron chi connectivity index (χ3n) is 5.15. The van der Waals surface area contributed by atoms with E-state index < -0.39 is 0 Å². The third kappa shape index (κ3) is 3.05. The van der Waals surface area contributed by atoms with Crippen molar-refractivity contribution in [3.8, 4) is 5.75 Å². The predicted molar refractivity (Wildman–Crippen MR) is 101 cm³/mol. The van der Waals surface area contributed by atoms with Gasteiger partial charge >= 0.3 is 0 Å². The molecule has 1 amide bonds. The van der Waals surface area contributed by atoms with Crippen LogP contribution in [0.5, 0.6) is 5.75 Å². The number of amides is 1. The zero-order chi connectivity index (χ0) is 18.1. The minimum atomic E-state index is 0.0481. The monoisotopic (exact) mass is 349 g/mol. The van der Waals surface area contributed by atoms with Crippen LogP contribution in [0.25, 0.3) is 11.0 Å². The highest BCUT2D eigenvalue weighted by molar-refractivity contribution is 5.83. The smallest absolute Gasteiger partial charge is 0.223 e. The van der Waals surface area contributed by atoms with E-state index >= 15 is 0 Å². The molecule has 1 aliphatic rings. The molecule has 0 spiro atoms. The molecule has 5 nitrogen and oxygen atoms in total. The molecule has 1 aliphatic carbocycles. The van der Waals surface area contributed by atoms with Crippen LogP contribution in [0.4, 0.5) is 0 Å². The first-order valence-electron chi connectivity index (χ1n) is 9.01. The maximum Gasteiger partial charge on any atom is 0.223 e. The van der Waals surface area contributed by atoms with Crippen LogP contribution in [0, 0.1) is 12.8 Å². The second kappa shape index (κ2) is 6.83. The number of nitrogens with one attached hydrogen (secondary N) is 1. The van der Waals surface area contributed by atoms with E-state index in [-0.39, 0.29) is 17.7 Å². The normalized spacial score (nSPS) is 18.7. The Labute approximate surface area is 153 Å². The van der Waals surface area contributed by atoms with E-state index in [1.54, 1.807) is 7.11 Å². The first-order valence-corrected chi connectivity index (χ1v) is 9.01. The Balaban J connectivity index is 1.36. The van der Waals surface area contributed by atoms with Crippen LogP contribution in [-0.2, 0) is 11.3 Å². The summed E-state index contributed by atoms with van der Waals surface area (Å²) >= 11 is 0. The van der Waals surface area contributed by atoms with E-state index in [1.807, 2.05) is 43.3 Å². The molecule has 0 unspecified atom stereocenters. The molecule has 3 aromatic rings. The second-order valence-electron chi connectivity index (χ2n) is 6.78. The Morgan fingerprint density at radius 1 is 1.23 bits per heavy atom. The van der Waals surface area contributed by atoms with Gasteiger partial charge in [0, 0.05) is 19.0 Å². The number of hydrogen-bond acceptors (Lipinski definition) is 3. The molecule has 1 saturated carbocycles. The maximum atomic E-state index is 12.5. The Morgan fingerprint density at radius 3 is 2.85 bits per heavy atom. The van der Waals surface area contributed by atoms with Crippen LogP contribution in [0.1, 0.15) is 23.7 Å². The predicted octanol–water partition coefficient (Wildman–Crippen LogP) is 3.27. The van der Waals surface area contributed by atoms with Gasteiger partial charge in [-0.05, 0) is 43.0 Å². The van der Waals surface area contributed by atoms with Crippen LogP contribution in [0.3, 0.4) is 0 Å². The summed E-state index contributed by atoms with van der Waals surface area (Å²) in [6, 6.07) is 16.0. The molecular weight excluding hydrogens is 326 g/mol. The first kappa shape index (κ1) is 16.6. The number of aromatic nitrogens is 2. The number of carbonyl (C=O) groups excluding carboxylic acids is 1. The molecule has 4 rings (SSSR count). The average molecular weight is 349 g/mol. The number of nitrogens with zero attached hydrogens (tertiary/aromatic N) is 2. The van der Waals surface area contributed by atoms with Crippen molar-refractivity contribution in [2.24, 2.45) is 5.92 Å². The van der Waals surface area contributed by atoms with Gasteiger partial charge in [-0.15, -0.1) is 0 Å². The number of ether oxygens (including phenoxy) is 1. The van der Waals surface area contributed by atoms with Gasteiger partial charge in [0.25, 0.3) is 0 Å². The number of hydrogen-bond donors (Lipinski definition) is 1. The van der Waals surface area contributed by atoms with Gasteiger partial charge in [0.15, 0.2) is 0 Å². The molecule has 0 aliphatic heterocycles. The number of imidazole rings is 1. The Bertz CT molecular complexity index is 947. The summed E-state index contributed by atoms with van der Waals surface area (Å²) in [4.78, 5) is 17.1. The average Bonchev–Trinajstić information content (AvgIpc) is 3.40. The number of fused-ring (bicyclic) bond motifs is 1. The fourth-order valence-corrected chi connectivity index (χ4v) is 3.70. The Hall–Kier alpha value is -2.82. The molecule has 0 saturated heterocycles. The molecular formula is C21H23N3O2. The van der Waals surface area contributed by atoms with Crippen LogP contribution >= 0.6 is 0 Å². The summed E-state index contributed by atoms with van der Waals surface area (Å²) in [5.41, 5.74) is 3.24. The van der Waals surface area contributed by atoms with Gasteiger partial charge in [-0.25, -0.2) is 4.98 Å². The quantitative estimate of drug-likeness (QED) is 0.743. The standard InChI is InChI=1S/C21H23N3O2/c1-14-23-18-8-4-5-9-19(18)24(14)12-11-22-21(25)17-13-16(17)15-7-3-6-10-20(15)26-2/h3-10,16-17H,11-13H2,1-2H3,(H,22,25)/t16-,17+/m0/s1. The highest BCUT2D eigenvalue weighted by Crippen LogP contribution is 2.50. The van der Waals surface area contributed by atoms with E-state index in [1.165, 1.54) is 0 Å². The number of benzene rings is 2. The largest absolute Gasteiger partial charge is 0.496 e. The lowest BCUT2D eigenvalue weighted by Crippen LogP contribution is -2.29. The highest BCUT2D eigenvalue weighted by atomic mass is 16.5. The molecule has 0 radical (unpaired) electrons. The van der Waals surface area contributed by atoms with Crippen molar-refractivity contribution in [1.29, 1.82) is 0 Å². The van der Waals surface area contributed by atoms with Crippen molar-refractivity contribution in [2.45, 2.75) is 25.8 Å². The van der Waals surface area contributed by atoms with Crippen molar-refractivity contribution >= 4 is 16.9 Å². The minimum Gasteiger partial charge on any atom is -0.496 e. The van der Waals surface area contributed by atoms with Crippen molar-refractivity contribution in [3.05, 3.63) is 59.9 Å². The summed E-state index contributed by atoms with van der Waals surface area (Å²) in [6.45, 7) is 3.33. The summed E-state index contributed by atoms with van der Waals surface area (Å²) in [7, 11) is 1.67. The van der Waals surface area contributed by atoms with Gasteiger partial charge in [0.2, 0.25) is 5.91 Å². The van der Waals surface area contributed by atoms with E-state index in [2.05, 4.69) is 27.0 Å². The molecule has 134 valence electrons. The zero-order valence-corrected chi connectivity index (χ0v) is 15.1. The van der Waals surface area contributed by atoms with Crippen molar-refractivity contribution < 1.29 is 9.53 Å². The van der Waals surface area contributed by atoms with Gasteiger partial charge in [-0.3, -0.25) is 4.79 Å². The van der Waals surface area contributed by atoms with Crippen LogP contribution in [0.15, 0.2) is 48.5 Å². The molecule has 5 heteroatoms.